The standard InChI is InChI=1S/C15H8Cl2FN/c16-12-4-5-14(15(17)8-12)11(9-19)6-10-2-1-3-13(18)7-10/h1-8H. The van der Waals surface area contributed by atoms with Gasteiger partial charge in [-0.05, 0) is 35.9 Å². The van der Waals surface area contributed by atoms with Crippen LogP contribution in [0.25, 0.3) is 11.6 Å². The molecule has 0 fully saturated rings. The van der Waals surface area contributed by atoms with Crippen molar-refractivity contribution in [3.8, 4) is 6.07 Å². The molecule has 0 aliphatic heterocycles. The number of rotatable bonds is 2. The van der Waals surface area contributed by atoms with Gasteiger partial charge in [0.25, 0.3) is 0 Å². The third-order valence-electron chi connectivity index (χ3n) is 2.50. The molecule has 19 heavy (non-hydrogen) atoms. The SMILES string of the molecule is N#CC(=Cc1cccc(F)c1)c1ccc(Cl)cc1Cl. The Morgan fingerprint density at radius 2 is 1.95 bits per heavy atom. The molecule has 0 N–H and O–H groups in total. The van der Waals surface area contributed by atoms with E-state index >= 15 is 0 Å². The molecule has 4 heteroatoms. The fourth-order valence-corrected chi connectivity index (χ4v) is 2.15. The normalized spacial score (nSPS) is 11.2. The van der Waals surface area contributed by atoms with Gasteiger partial charge in [-0.2, -0.15) is 5.26 Å². The molecule has 0 atom stereocenters. The highest BCUT2D eigenvalue weighted by molar-refractivity contribution is 6.36. The van der Waals surface area contributed by atoms with Crippen LogP contribution in [0, 0.1) is 17.1 Å². The highest BCUT2D eigenvalue weighted by atomic mass is 35.5. The number of nitrogens with zero attached hydrogens (tertiary/aromatic N) is 1. The quantitative estimate of drug-likeness (QED) is 0.551. The van der Waals surface area contributed by atoms with Crippen LogP contribution >= 0.6 is 23.2 Å². The average Bonchev–Trinajstić information content (AvgIpc) is 2.37. The number of nitriles is 1. The maximum atomic E-state index is 13.1. The lowest BCUT2D eigenvalue weighted by Gasteiger charge is -2.03. The molecular weight excluding hydrogens is 284 g/mol. The Hall–Kier alpha value is -1.82. The summed E-state index contributed by atoms with van der Waals surface area (Å²) in [6.45, 7) is 0. The van der Waals surface area contributed by atoms with E-state index in [4.69, 9.17) is 23.2 Å². The van der Waals surface area contributed by atoms with E-state index in [0.717, 1.165) is 0 Å². The van der Waals surface area contributed by atoms with Crippen LogP contribution in [-0.2, 0) is 0 Å². The summed E-state index contributed by atoms with van der Waals surface area (Å²) in [6.07, 6.45) is 1.58. The molecule has 0 saturated heterocycles. The molecule has 2 aromatic carbocycles. The van der Waals surface area contributed by atoms with Gasteiger partial charge in [-0.25, -0.2) is 4.39 Å². The van der Waals surface area contributed by atoms with Crippen molar-refractivity contribution in [3.63, 3.8) is 0 Å². The Balaban J connectivity index is 2.48. The van der Waals surface area contributed by atoms with E-state index < -0.39 is 0 Å². The number of hydrogen-bond acceptors (Lipinski definition) is 1. The van der Waals surface area contributed by atoms with E-state index in [-0.39, 0.29) is 5.82 Å². The van der Waals surface area contributed by atoms with Gasteiger partial charge in [0.1, 0.15) is 5.82 Å². The van der Waals surface area contributed by atoms with Crippen molar-refractivity contribution in [1.29, 1.82) is 5.26 Å². The molecule has 0 aromatic heterocycles. The summed E-state index contributed by atoms with van der Waals surface area (Å²) in [7, 11) is 0. The lowest BCUT2D eigenvalue weighted by molar-refractivity contribution is 0.627. The van der Waals surface area contributed by atoms with Crippen molar-refractivity contribution in [3.05, 3.63) is 69.5 Å². The average molecular weight is 292 g/mol. The predicted molar refractivity (Wildman–Crippen MR) is 76.3 cm³/mol. The zero-order chi connectivity index (χ0) is 13.8. The molecule has 0 aliphatic carbocycles. The van der Waals surface area contributed by atoms with E-state index in [9.17, 15) is 9.65 Å². The van der Waals surface area contributed by atoms with Crippen molar-refractivity contribution in [2.75, 3.05) is 0 Å². The third kappa shape index (κ3) is 3.35. The summed E-state index contributed by atoms with van der Waals surface area (Å²) in [6, 6.07) is 12.9. The van der Waals surface area contributed by atoms with Crippen LogP contribution in [0.1, 0.15) is 11.1 Å². The summed E-state index contributed by atoms with van der Waals surface area (Å²) < 4.78 is 13.1. The van der Waals surface area contributed by atoms with E-state index in [1.165, 1.54) is 12.1 Å². The number of hydrogen-bond donors (Lipinski definition) is 0. The second kappa shape index (κ2) is 5.88. The predicted octanol–water partition coefficient (Wildman–Crippen LogP) is 5.20. The smallest absolute Gasteiger partial charge is 0.123 e. The number of halogens is 3. The Morgan fingerprint density at radius 1 is 1.16 bits per heavy atom. The minimum atomic E-state index is -0.353. The molecule has 0 saturated carbocycles. The molecule has 0 aliphatic rings. The third-order valence-corrected chi connectivity index (χ3v) is 3.05. The zero-order valence-electron chi connectivity index (χ0n) is 9.70. The van der Waals surface area contributed by atoms with Gasteiger partial charge < -0.3 is 0 Å². The molecule has 0 amide bonds. The fraction of sp³-hybridized carbons (Fsp3) is 0. The summed E-state index contributed by atoms with van der Waals surface area (Å²) >= 11 is 11.9. The second-order valence-corrected chi connectivity index (χ2v) is 4.69. The van der Waals surface area contributed by atoms with Crippen LogP contribution in [0.4, 0.5) is 4.39 Å². The van der Waals surface area contributed by atoms with Gasteiger partial charge >= 0.3 is 0 Å². The molecule has 0 bridgehead atoms. The van der Waals surface area contributed by atoms with E-state index in [2.05, 4.69) is 6.07 Å². The maximum absolute atomic E-state index is 13.1. The lowest BCUT2D eigenvalue weighted by atomic mass is 10.0. The highest BCUT2D eigenvalue weighted by Crippen LogP contribution is 2.28. The van der Waals surface area contributed by atoms with Gasteiger partial charge in [0.2, 0.25) is 0 Å². The highest BCUT2D eigenvalue weighted by Gasteiger charge is 2.07. The molecule has 0 heterocycles. The molecule has 0 unspecified atom stereocenters. The zero-order valence-corrected chi connectivity index (χ0v) is 11.2. The minimum absolute atomic E-state index is 0.353. The lowest BCUT2D eigenvalue weighted by Crippen LogP contribution is -1.85. The van der Waals surface area contributed by atoms with Gasteiger partial charge in [-0.15, -0.1) is 0 Å². The Morgan fingerprint density at radius 3 is 2.58 bits per heavy atom. The van der Waals surface area contributed by atoms with Crippen LogP contribution < -0.4 is 0 Å². The van der Waals surface area contributed by atoms with Crippen LogP contribution in [-0.4, -0.2) is 0 Å². The first-order chi connectivity index (χ1) is 9.10. The first-order valence-corrected chi connectivity index (χ1v) is 6.18. The summed E-state index contributed by atoms with van der Waals surface area (Å²) in [4.78, 5) is 0. The van der Waals surface area contributed by atoms with Crippen LogP contribution in [0.3, 0.4) is 0 Å². The Bertz CT molecular complexity index is 687. The van der Waals surface area contributed by atoms with E-state index in [1.54, 1.807) is 36.4 Å². The van der Waals surface area contributed by atoms with Crippen molar-refractivity contribution in [2.45, 2.75) is 0 Å². The number of benzene rings is 2. The molecule has 0 radical (unpaired) electrons. The Kier molecular flexibility index (Phi) is 4.21. The molecule has 0 spiro atoms. The van der Waals surface area contributed by atoms with Crippen molar-refractivity contribution < 1.29 is 4.39 Å². The van der Waals surface area contributed by atoms with Crippen LogP contribution in [0.15, 0.2) is 42.5 Å². The van der Waals surface area contributed by atoms with Gasteiger partial charge in [0, 0.05) is 10.6 Å². The van der Waals surface area contributed by atoms with Crippen molar-refractivity contribution in [1.82, 2.24) is 0 Å². The molecule has 2 aromatic rings. The first-order valence-electron chi connectivity index (χ1n) is 5.43. The van der Waals surface area contributed by atoms with Crippen molar-refractivity contribution in [2.24, 2.45) is 0 Å². The van der Waals surface area contributed by atoms with Gasteiger partial charge in [-0.3, -0.25) is 0 Å². The number of allylic oxidation sites excluding steroid dienone is 1. The fourth-order valence-electron chi connectivity index (χ4n) is 1.64. The van der Waals surface area contributed by atoms with Crippen molar-refractivity contribution >= 4 is 34.9 Å². The molecule has 1 nitrogen and oxygen atoms in total. The maximum Gasteiger partial charge on any atom is 0.123 e. The second-order valence-electron chi connectivity index (χ2n) is 3.85. The molecular formula is C15H8Cl2FN. The summed E-state index contributed by atoms with van der Waals surface area (Å²) in [5.74, 6) is -0.353. The van der Waals surface area contributed by atoms with Crippen LogP contribution in [0.2, 0.25) is 10.0 Å². The minimum Gasteiger partial charge on any atom is -0.207 e. The van der Waals surface area contributed by atoms with E-state index in [1.807, 2.05) is 0 Å². The van der Waals surface area contributed by atoms with Gasteiger partial charge in [-0.1, -0.05) is 41.4 Å². The monoisotopic (exact) mass is 291 g/mol. The topological polar surface area (TPSA) is 23.8 Å². The van der Waals surface area contributed by atoms with Crippen LogP contribution in [0.5, 0.6) is 0 Å². The first kappa shape index (κ1) is 13.6. The summed E-state index contributed by atoms with van der Waals surface area (Å²) in [5, 5.41) is 10.1. The molecule has 2 rings (SSSR count). The Labute approximate surface area is 120 Å². The summed E-state index contributed by atoms with van der Waals surface area (Å²) in [5.41, 5.74) is 1.52. The van der Waals surface area contributed by atoms with Gasteiger partial charge in [0.15, 0.2) is 0 Å². The largest absolute Gasteiger partial charge is 0.207 e. The van der Waals surface area contributed by atoms with E-state index in [0.29, 0.717) is 26.7 Å². The van der Waals surface area contributed by atoms with Gasteiger partial charge in [0.05, 0.1) is 16.7 Å². The molecule has 94 valence electrons.